The van der Waals surface area contributed by atoms with E-state index in [1.54, 1.807) is 0 Å². The molecule has 0 bridgehead atoms. The lowest BCUT2D eigenvalue weighted by Gasteiger charge is -2.35. The van der Waals surface area contributed by atoms with Gasteiger partial charge in [-0.1, -0.05) is 12.8 Å². The van der Waals surface area contributed by atoms with Crippen molar-refractivity contribution >= 4 is 6.03 Å². The fourth-order valence-electron chi connectivity index (χ4n) is 3.65. The maximum atomic E-state index is 12.0. The predicted octanol–water partition coefficient (Wildman–Crippen LogP) is 0.617. The second-order valence-corrected chi connectivity index (χ2v) is 7.06. The van der Waals surface area contributed by atoms with Crippen LogP contribution in [0.25, 0.3) is 0 Å². The summed E-state index contributed by atoms with van der Waals surface area (Å²) in [5.74, 6) is 0. The summed E-state index contributed by atoms with van der Waals surface area (Å²) in [6.45, 7) is 3.82. The average Bonchev–Trinajstić information content (AvgIpc) is 2.97. The van der Waals surface area contributed by atoms with Gasteiger partial charge < -0.3 is 25.5 Å². The first-order chi connectivity index (χ1) is 10.5. The molecule has 22 heavy (non-hydrogen) atoms. The topological polar surface area (TPSA) is 67.8 Å². The Morgan fingerprint density at radius 2 is 1.91 bits per heavy atom. The quantitative estimate of drug-likeness (QED) is 0.672. The molecule has 1 aliphatic heterocycles. The van der Waals surface area contributed by atoms with E-state index in [9.17, 15) is 9.90 Å². The van der Waals surface area contributed by atoms with E-state index >= 15 is 0 Å². The van der Waals surface area contributed by atoms with E-state index in [2.05, 4.69) is 34.5 Å². The Bertz CT molecular complexity index is 348. The summed E-state index contributed by atoms with van der Waals surface area (Å²) in [6, 6.07) is 0.554. The largest absolute Gasteiger partial charge is 0.394 e. The van der Waals surface area contributed by atoms with Gasteiger partial charge in [-0.25, -0.2) is 4.79 Å². The number of urea groups is 1. The molecule has 2 amide bonds. The zero-order valence-corrected chi connectivity index (χ0v) is 14.1. The molecular weight excluding hydrogens is 280 g/mol. The Kier molecular flexibility index (Phi) is 6.47. The lowest BCUT2D eigenvalue weighted by molar-refractivity contribution is 0.144. The van der Waals surface area contributed by atoms with Crippen molar-refractivity contribution in [2.24, 2.45) is 0 Å². The SMILES string of the molecule is CN(C)C1CCN(CCNC(=O)NC2(CO)CCCC2)CC1. The van der Waals surface area contributed by atoms with Gasteiger partial charge in [0.25, 0.3) is 0 Å². The van der Waals surface area contributed by atoms with E-state index < -0.39 is 0 Å². The molecule has 0 unspecified atom stereocenters. The summed E-state index contributed by atoms with van der Waals surface area (Å²) in [7, 11) is 4.29. The van der Waals surface area contributed by atoms with Crippen molar-refractivity contribution in [2.75, 3.05) is 46.9 Å². The highest BCUT2D eigenvalue weighted by atomic mass is 16.3. The summed E-state index contributed by atoms with van der Waals surface area (Å²) in [6.07, 6.45) is 6.34. The maximum Gasteiger partial charge on any atom is 0.315 e. The smallest absolute Gasteiger partial charge is 0.315 e. The highest BCUT2D eigenvalue weighted by Crippen LogP contribution is 2.28. The lowest BCUT2D eigenvalue weighted by atomic mass is 9.99. The molecule has 1 saturated heterocycles. The van der Waals surface area contributed by atoms with Gasteiger partial charge in [-0.2, -0.15) is 0 Å². The molecule has 0 spiro atoms. The number of hydrogen-bond acceptors (Lipinski definition) is 4. The number of hydrogen-bond donors (Lipinski definition) is 3. The Labute approximate surface area is 134 Å². The molecule has 0 aromatic rings. The fraction of sp³-hybridized carbons (Fsp3) is 0.938. The third-order valence-corrected chi connectivity index (χ3v) is 5.24. The van der Waals surface area contributed by atoms with Gasteiger partial charge >= 0.3 is 6.03 Å². The van der Waals surface area contributed by atoms with Crippen molar-refractivity contribution in [3.8, 4) is 0 Å². The summed E-state index contributed by atoms with van der Waals surface area (Å²) >= 11 is 0. The lowest BCUT2D eigenvalue weighted by Crippen LogP contribution is -2.54. The van der Waals surface area contributed by atoms with Gasteiger partial charge in [-0.3, -0.25) is 0 Å². The number of carbonyl (C=O) groups excluding carboxylic acids is 1. The highest BCUT2D eigenvalue weighted by molar-refractivity contribution is 5.74. The average molecular weight is 312 g/mol. The number of aliphatic hydroxyl groups is 1. The molecule has 128 valence electrons. The number of piperidine rings is 1. The van der Waals surface area contributed by atoms with Gasteiger partial charge in [-0.15, -0.1) is 0 Å². The number of amides is 2. The van der Waals surface area contributed by atoms with E-state index in [0.29, 0.717) is 12.6 Å². The first-order valence-corrected chi connectivity index (χ1v) is 8.60. The minimum Gasteiger partial charge on any atom is -0.394 e. The second-order valence-electron chi connectivity index (χ2n) is 7.06. The van der Waals surface area contributed by atoms with E-state index in [0.717, 1.165) is 45.3 Å². The molecular formula is C16H32N4O2. The van der Waals surface area contributed by atoms with Crippen LogP contribution >= 0.6 is 0 Å². The van der Waals surface area contributed by atoms with Gasteiger partial charge in [0.2, 0.25) is 0 Å². The molecule has 2 fully saturated rings. The summed E-state index contributed by atoms with van der Waals surface area (Å²) in [5, 5.41) is 15.4. The van der Waals surface area contributed by atoms with Crippen LogP contribution in [-0.4, -0.2) is 79.4 Å². The summed E-state index contributed by atoms with van der Waals surface area (Å²) in [5.41, 5.74) is -0.381. The van der Waals surface area contributed by atoms with E-state index in [-0.39, 0.29) is 18.2 Å². The number of rotatable bonds is 6. The molecule has 2 aliphatic rings. The third kappa shape index (κ3) is 4.83. The number of aliphatic hydroxyl groups excluding tert-OH is 1. The first-order valence-electron chi connectivity index (χ1n) is 8.60. The van der Waals surface area contributed by atoms with Crippen molar-refractivity contribution < 1.29 is 9.90 Å². The predicted molar refractivity (Wildman–Crippen MR) is 88.0 cm³/mol. The zero-order chi connectivity index (χ0) is 16.0. The molecule has 0 aromatic heterocycles. The van der Waals surface area contributed by atoms with Crippen LogP contribution in [0, 0.1) is 0 Å². The number of nitrogens with zero attached hydrogens (tertiary/aromatic N) is 2. The molecule has 3 N–H and O–H groups in total. The van der Waals surface area contributed by atoms with Gasteiger partial charge in [0.05, 0.1) is 12.1 Å². The second kappa shape index (κ2) is 8.13. The van der Waals surface area contributed by atoms with Crippen LogP contribution in [0.15, 0.2) is 0 Å². The number of carbonyl (C=O) groups is 1. The molecule has 0 aromatic carbocycles. The van der Waals surface area contributed by atoms with Crippen LogP contribution in [0.2, 0.25) is 0 Å². The minimum atomic E-state index is -0.381. The van der Waals surface area contributed by atoms with Crippen LogP contribution in [0.3, 0.4) is 0 Å². The minimum absolute atomic E-state index is 0.0401. The standard InChI is InChI=1S/C16H32N4O2/c1-19(2)14-5-10-20(11-6-14)12-9-17-15(22)18-16(13-21)7-3-4-8-16/h14,21H,3-13H2,1-2H3,(H2,17,18,22). The van der Waals surface area contributed by atoms with E-state index in [1.165, 1.54) is 12.8 Å². The Morgan fingerprint density at radius 1 is 1.27 bits per heavy atom. The molecule has 1 aliphatic carbocycles. The van der Waals surface area contributed by atoms with Crippen LogP contribution in [0.5, 0.6) is 0 Å². The molecule has 6 nitrogen and oxygen atoms in total. The van der Waals surface area contributed by atoms with Crippen LogP contribution in [0.1, 0.15) is 38.5 Å². The number of nitrogens with one attached hydrogen (secondary N) is 2. The number of likely N-dealkylation sites (tertiary alicyclic amines) is 1. The van der Waals surface area contributed by atoms with Crippen LogP contribution in [0.4, 0.5) is 4.79 Å². The van der Waals surface area contributed by atoms with Gasteiger partial charge in [-0.05, 0) is 52.9 Å². The van der Waals surface area contributed by atoms with Crippen molar-refractivity contribution in [2.45, 2.75) is 50.1 Å². The summed E-state index contributed by atoms with van der Waals surface area (Å²) in [4.78, 5) is 16.7. The Balaban J connectivity index is 1.61. The van der Waals surface area contributed by atoms with Crippen molar-refractivity contribution in [3.05, 3.63) is 0 Å². The third-order valence-electron chi connectivity index (χ3n) is 5.24. The Morgan fingerprint density at radius 3 is 2.45 bits per heavy atom. The van der Waals surface area contributed by atoms with Gasteiger partial charge in [0.1, 0.15) is 0 Å². The van der Waals surface area contributed by atoms with Crippen molar-refractivity contribution in [1.29, 1.82) is 0 Å². The molecule has 6 heteroatoms. The molecule has 1 saturated carbocycles. The normalized spacial score (nSPS) is 22.9. The Hall–Kier alpha value is -0.850. The fourth-order valence-corrected chi connectivity index (χ4v) is 3.65. The zero-order valence-electron chi connectivity index (χ0n) is 14.1. The van der Waals surface area contributed by atoms with Gasteiger partial charge in [0.15, 0.2) is 0 Å². The molecule has 0 radical (unpaired) electrons. The van der Waals surface area contributed by atoms with Crippen molar-refractivity contribution in [3.63, 3.8) is 0 Å². The maximum absolute atomic E-state index is 12.0. The highest BCUT2D eigenvalue weighted by Gasteiger charge is 2.34. The van der Waals surface area contributed by atoms with Crippen molar-refractivity contribution in [1.82, 2.24) is 20.4 Å². The summed E-state index contributed by atoms with van der Waals surface area (Å²) < 4.78 is 0. The monoisotopic (exact) mass is 312 g/mol. The molecule has 0 atom stereocenters. The molecule has 1 heterocycles. The first kappa shape index (κ1) is 17.5. The van der Waals surface area contributed by atoms with E-state index in [4.69, 9.17) is 0 Å². The van der Waals surface area contributed by atoms with E-state index in [1.807, 2.05) is 0 Å². The van der Waals surface area contributed by atoms with Crippen LogP contribution < -0.4 is 10.6 Å². The van der Waals surface area contributed by atoms with Crippen LogP contribution in [-0.2, 0) is 0 Å². The van der Waals surface area contributed by atoms with Gasteiger partial charge in [0, 0.05) is 19.1 Å². The molecule has 2 rings (SSSR count).